The van der Waals surface area contributed by atoms with Crippen molar-refractivity contribution in [1.82, 2.24) is 19.8 Å². The van der Waals surface area contributed by atoms with E-state index in [9.17, 15) is 4.79 Å². The molecule has 0 aliphatic carbocycles. The van der Waals surface area contributed by atoms with Crippen LogP contribution in [0.5, 0.6) is 11.5 Å². The maximum absolute atomic E-state index is 12.4. The third kappa shape index (κ3) is 4.03. The smallest absolute Gasteiger partial charge is 0.368 e. The summed E-state index contributed by atoms with van der Waals surface area (Å²) in [6, 6.07) is 11.2. The Bertz CT molecular complexity index is 1210. The monoisotopic (exact) mass is 423 g/mol. The number of methoxy groups -OCH3 is 1. The van der Waals surface area contributed by atoms with Crippen LogP contribution in [0.3, 0.4) is 0 Å². The van der Waals surface area contributed by atoms with Crippen molar-refractivity contribution >= 4 is 5.90 Å². The van der Waals surface area contributed by atoms with E-state index in [2.05, 4.69) is 15.4 Å². The summed E-state index contributed by atoms with van der Waals surface area (Å²) in [5.74, 6) is 1.96. The number of rotatable bonds is 6. The first kappa shape index (κ1) is 20.6. The van der Waals surface area contributed by atoms with Gasteiger partial charge in [-0.25, -0.2) is 9.79 Å². The first-order chi connectivity index (χ1) is 14.8. The highest BCUT2D eigenvalue weighted by Gasteiger charge is 2.27. The standard InChI is InChI=1S/C22H25N5O4/c1-14-11-15(20-23-22(2,3)13-31-20)9-10-18(14)30-12-16-17(7-6-8-19(16)29-5)27-21(28)26(4)24-25-27/h6-11H,12-13H2,1-5H3. The van der Waals surface area contributed by atoms with Crippen LogP contribution in [0, 0.1) is 6.92 Å². The highest BCUT2D eigenvalue weighted by atomic mass is 16.5. The lowest BCUT2D eigenvalue weighted by atomic mass is 10.1. The number of aryl methyl sites for hydroxylation is 2. The molecule has 0 unspecified atom stereocenters. The van der Waals surface area contributed by atoms with Gasteiger partial charge in [0.05, 0.1) is 23.9 Å². The predicted molar refractivity (Wildman–Crippen MR) is 115 cm³/mol. The molecule has 0 N–H and O–H groups in total. The molecule has 9 heteroatoms. The van der Waals surface area contributed by atoms with Gasteiger partial charge in [-0.2, -0.15) is 9.36 Å². The molecule has 1 aliphatic rings. The van der Waals surface area contributed by atoms with E-state index in [4.69, 9.17) is 14.2 Å². The Balaban J connectivity index is 1.61. The van der Waals surface area contributed by atoms with E-state index in [1.807, 2.05) is 45.0 Å². The second kappa shape index (κ2) is 7.90. The SMILES string of the molecule is COc1cccc(-n2nnn(C)c2=O)c1COc1ccc(C2=NC(C)(C)CO2)cc1C. The quantitative estimate of drug-likeness (QED) is 0.605. The van der Waals surface area contributed by atoms with Crippen LogP contribution >= 0.6 is 0 Å². The second-order valence-electron chi connectivity index (χ2n) is 8.04. The summed E-state index contributed by atoms with van der Waals surface area (Å²) < 4.78 is 19.7. The van der Waals surface area contributed by atoms with Gasteiger partial charge in [0, 0.05) is 12.6 Å². The lowest BCUT2D eigenvalue weighted by molar-refractivity contribution is 0.279. The molecule has 162 valence electrons. The van der Waals surface area contributed by atoms with Crippen LogP contribution in [0.25, 0.3) is 5.69 Å². The Labute approximate surface area is 179 Å². The van der Waals surface area contributed by atoms with Crippen molar-refractivity contribution in [2.45, 2.75) is 32.9 Å². The Kier molecular flexibility index (Phi) is 5.26. The molecule has 0 radical (unpaired) electrons. The minimum absolute atomic E-state index is 0.188. The maximum atomic E-state index is 12.4. The van der Waals surface area contributed by atoms with Crippen LogP contribution in [-0.2, 0) is 18.4 Å². The molecule has 9 nitrogen and oxygen atoms in total. The summed E-state index contributed by atoms with van der Waals surface area (Å²) in [7, 11) is 3.12. The topological polar surface area (TPSA) is 92.8 Å². The Morgan fingerprint density at radius 3 is 2.58 bits per heavy atom. The van der Waals surface area contributed by atoms with Crippen LogP contribution in [0.1, 0.15) is 30.5 Å². The summed E-state index contributed by atoms with van der Waals surface area (Å²) in [5.41, 5.74) is 2.55. The molecule has 0 spiro atoms. The minimum atomic E-state index is -0.352. The number of benzene rings is 2. The van der Waals surface area contributed by atoms with Crippen molar-refractivity contribution < 1.29 is 14.2 Å². The van der Waals surface area contributed by atoms with E-state index in [1.165, 1.54) is 9.36 Å². The maximum Gasteiger partial charge on any atom is 0.368 e. The molecule has 0 saturated carbocycles. The number of ether oxygens (including phenoxy) is 3. The molecule has 3 aromatic rings. The molecule has 2 aromatic carbocycles. The Morgan fingerprint density at radius 2 is 1.97 bits per heavy atom. The first-order valence-electron chi connectivity index (χ1n) is 9.91. The van der Waals surface area contributed by atoms with Crippen molar-refractivity contribution in [3.8, 4) is 17.2 Å². The molecule has 1 aromatic heterocycles. The summed E-state index contributed by atoms with van der Waals surface area (Å²) >= 11 is 0. The number of hydrogen-bond donors (Lipinski definition) is 0. The van der Waals surface area contributed by atoms with Gasteiger partial charge in [0.15, 0.2) is 0 Å². The summed E-state index contributed by atoms with van der Waals surface area (Å²) in [4.78, 5) is 17.0. The summed E-state index contributed by atoms with van der Waals surface area (Å²) in [5, 5.41) is 7.73. The average Bonchev–Trinajstić information content (AvgIpc) is 3.28. The Morgan fingerprint density at radius 1 is 1.16 bits per heavy atom. The zero-order chi connectivity index (χ0) is 22.2. The van der Waals surface area contributed by atoms with Gasteiger partial charge < -0.3 is 14.2 Å². The normalized spacial score (nSPS) is 14.8. The molecule has 0 saturated heterocycles. The van der Waals surface area contributed by atoms with Gasteiger partial charge >= 0.3 is 5.69 Å². The molecule has 1 aliphatic heterocycles. The lowest BCUT2D eigenvalue weighted by Crippen LogP contribution is -2.23. The van der Waals surface area contributed by atoms with Gasteiger partial charge in [-0.1, -0.05) is 6.07 Å². The predicted octanol–water partition coefficient (Wildman–Crippen LogP) is 2.42. The third-order valence-electron chi connectivity index (χ3n) is 5.04. The fraction of sp³-hybridized carbons (Fsp3) is 0.364. The second-order valence-corrected chi connectivity index (χ2v) is 8.04. The molecule has 0 amide bonds. The third-order valence-corrected chi connectivity index (χ3v) is 5.04. The number of tetrazole rings is 1. The Hall–Kier alpha value is -3.62. The van der Waals surface area contributed by atoms with E-state index >= 15 is 0 Å². The molecule has 31 heavy (non-hydrogen) atoms. The van der Waals surface area contributed by atoms with E-state index in [1.54, 1.807) is 26.3 Å². The molecular formula is C22H25N5O4. The van der Waals surface area contributed by atoms with Crippen LogP contribution in [-0.4, -0.2) is 44.9 Å². The minimum Gasteiger partial charge on any atom is -0.496 e. The van der Waals surface area contributed by atoms with E-state index in [0.29, 0.717) is 35.3 Å². The highest BCUT2D eigenvalue weighted by Crippen LogP contribution is 2.28. The van der Waals surface area contributed by atoms with Crippen LogP contribution in [0.2, 0.25) is 0 Å². The number of aliphatic imine (C=N–C) groups is 1. The van der Waals surface area contributed by atoms with Crippen LogP contribution in [0.4, 0.5) is 0 Å². The number of nitrogens with zero attached hydrogens (tertiary/aromatic N) is 5. The van der Waals surface area contributed by atoms with Gasteiger partial charge in [0.25, 0.3) is 0 Å². The fourth-order valence-corrected chi connectivity index (χ4v) is 3.38. The zero-order valence-corrected chi connectivity index (χ0v) is 18.2. The van der Waals surface area contributed by atoms with Gasteiger partial charge in [-0.3, -0.25) is 0 Å². The van der Waals surface area contributed by atoms with Crippen molar-refractivity contribution in [3.05, 3.63) is 63.6 Å². The molecule has 4 rings (SSSR count). The fourth-order valence-electron chi connectivity index (χ4n) is 3.38. The van der Waals surface area contributed by atoms with Crippen molar-refractivity contribution in [3.63, 3.8) is 0 Å². The summed E-state index contributed by atoms with van der Waals surface area (Å²) in [6.07, 6.45) is 0. The van der Waals surface area contributed by atoms with Crippen molar-refractivity contribution in [1.29, 1.82) is 0 Å². The molecule has 2 heterocycles. The van der Waals surface area contributed by atoms with Gasteiger partial charge in [-0.05, 0) is 67.1 Å². The molecule has 0 atom stereocenters. The van der Waals surface area contributed by atoms with Gasteiger partial charge in [0.1, 0.15) is 24.7 Å². The van der Waals surface area contributed by atoms with Crippen molar-refractivity contribution in [2.75, 3.05) is 13.7 Å². The molecular weight excluding hydrogens is 398 g/mol. The summed E-state index contributed by atoms with van der Waals surface area (Å²) in [6.45, 7) is 6.80. The van der Waals surface area contributed by atoms with Crippen LogP contribution in [0.15, 0.2) is 46.2 Å². The first-order valence-corrected chi connectivity index (χ1v) is 9.91. The van der Waals surface area contributed by atoms with E-state index < -0.39 is 0 Å². The zero-order valence-electron chi connectivity index (χ0n) is 18.2. The average molecular weight is 423 g/mol. The largest absolute Gasteiger partial charge is 0.496 e. The molecule has 0 fully saturated rings. The number of hydrogen-bond acceptors (Lipinski definition) is 7. The van der Waals surface area contributed by atoms with E-state index in [-0.39, 0.29) is 17.8 Å². The number of aromatic nitrogens is 4. The van der Waals surface area contributed by atoms with E-state index in [0.717, 1.165) is 11.1 Å². The van der Waals surface area contributed by atoms with Gasteiger partial charge in [0.2, 0.25) is 5.90 Å². The lowest BCUT2D eigenvalue weighted by Gasteiger charge is -2.15. The molecule has 0 bridgehead atoms. The highest BCUT2D eigenvalue weighted by molar-refractivity contribution is 5.95. The van der Waals surface area contributed by atoms with Crippen LogP contribution < -0.4 is 15.2 Å². The van der Waals surface area contributed by atoms with Crippen molar-refractivity contribution in [2.24, 2.45) is 12.0 Å². The van der Waals surface area contributed by atoms with Gasteiger partial charge in [-0.15, -0.1) is 0 Å².